The lowest BCUT2D eigenvalue weighted by molar-refractivity contribution is 0.0252. The van der Waals surface area contributed by atoms with Crippen molar-refractivity contribution in [3.05, 3.63) is 70.8 Å². The molecule has 0 radical (unpaired) electrons. The summed E-state index contributed by atoms with van der Waals surface area (Å²) >= 11 is 0. The molecule has 5 heteroatoms. The fraction of sp³-hybridized carbons (Fsp3) is 0.333. The Morgan fingerprint density at radius 2 is 2.00 bits per heavy atom. The Morgan fingerprint density at radius 1 is 1.15 bits per heavy atom. The SMILES string of the molecule is O=C(NC[C@@H]1CCCO1)c1ccc2c(c1)C[C@H](c1ccccc1)OC2=O. The summed E-state index contributed by atoms with van der Waals surface area (Å²) in [5.74, 6) is -0.482. The fourth-order valence-electron chi connectivity index (χ4n) is 3.50. The molecule has 1 saturated heterocycles. The zero-order valence-electron chi connectivity index (χ0n) is 14.4. The van der Waals surface area contributed by atoms with E-state index >= 15 is 0 Å². The van der Waals surface area contributed by atoms with Gasteiger partial charge in [0.2, 0.25) is 0 Å². The number of hydrogen-bond acceptors (Lipinski definition) is 4. The van der Waals surface area contributed by atoms with E-state index in [0.29, 0.717) is 24.1 Å². The van der Waals surface area contributed by atoms with Gasteiger partial charge in [0, 0.05) is 25.1 Å². The minimum absolute atomic E-state index is 0.106. The predicted molar refractivity (Wildman–Crippen MR) is 96.1 cm³/mol. The number of rotatable bonds is 4. The Balaban J connectivity index is 1.50. The fourth-order valence-corrected chi connectivity index (χ4v) is 3.50. The van der Waals surface area contributed by atoms with Crippen LogP contribution in [0.2, 0.25) is 0 Å². The first kappa shape index (κ1) is 16.8. The highest BCUT2D eigenvalue weighted by atomic mass is 16.5. The first-order valence-electron chi connectivity index (χ1n) is 8.99. The summed E-state index contributed by atoms with van der Waals surface area (Å²) in [6.07, 6.45) is 2.38. The van der Waals surface area contributed by atoms with Crippen LogP contribution in [0, 0.1) is 0 Å². The first-order valence-corrected chi connectivity index (χ1v) is 8.99. The van der Waals surface area contributed by atoms with E-state index in [1.807, 2.05) is 30.3 Å². The Morgan fingerprint density at radius 3 is 2.77 bits per heavy atom. The number of ether oxygens (including phenoxy) is 2. The van der Waals surface area contributed by atoms with Crippen LogP contribution in [-0.4, -0.2) is 31.1 Å². The van der Waals surface area contributed by atoms with Crippen LogP contribution in [-0.2, 0) is 15.9 Å². The molecular weight excluding hydrogens is 330 g/mol. The van der Waals surface area contributed by atoms with Crippen molar-refractivity contribution in [3.63, 3.8) is 0 Å². The van der Waals surface area contributed by atoms with Crippen molar-refractivity contribution in [1.29, 1.82) is 0 Å². The number of fused-ring (bicyclic) bond motifs is 1. The van der Waals surface area contributed by atoms with E-state index in [9.17, 15) is 9.59 Å². The second-order valence-corrected chi connectivity index (χ2v) is 6.73. The quantitative estimate of drug-likeness (QED) is 0.860. The number of cyclic esters (lactones) is 1. The molecule has 0 bridgehead atoms. The average molecular weight is 351 g/mol. The molecule has 1 fully saturated rings. The Labute approximate surface area is 152 Å². The Kier molecular flexibility index (Phi) is 4.71. The number of carbonyl (C=O) groups is 2. The summed E-state index contributed by atoms with van der Waals surface area (Å²) in [5.41, 5.74) is 2.90. The van der Waals surface area contributed by atoms with E-state index in [1.165, 1.54) is 0 Å². The van der Waals surface area contributed by atoms with Crippen molar-refractivity contribution in [3.8, 4) is 0 Å². The van der Waals surface area contributed by atoms with Crippen molar-refractivity contribution in [2.45, 2.75) is 31.5 Å². The highest BCUT2D eigenvalue weighted by Gasteiger charge is 2.28. The van der Waals surface area contributed by atoms with Crippen molar-refractivity contribution < 1.29 is 19.1 Å². The molecule has 0 saturated carbocycles. The molecule has 1 N–H and O–H groups in total. The van der Waals surface area contributed by atoms with Gasteiger partial charge in [0.05, 0.1) is 11.7 Å². The van der Waals surface area contributed by atoms with Gasteiger partial charge >= 0.3 is 5.97 Å². The summed E-state index contributed by atoms with van der Waals surface area (Å²) in [6, 6.07) is 14.8. The normalized spacial score (nSPS) is 21.8. The van der Waals surface area contributed by atoms with E-state index < -0.39 is 0 Å². The van der Waals surface area contributed by atoms with Gasteiger partial charge in [-0.1, -0.05) is 30.3 Å². The largest absolute Gasteiger partial charge is 0.454 e. The molecular formula is C21H21NO4. The lowest BCUT2D eigenvalue weighted by atomic mass is 9.93. The molecule has 1 amide bonds. The molecule has 26 heavy (non-hydrogen) atoms. The smallest absolute Gasteiger partial charge is 0.339 e. The lowest BCUT2D eigenvalue weighted by Crippen LogP contribution is -2.32. The molecule has 2 aliphatic heterocycles. The van der Waals surface area contributed by atoms with Crippen LogP contribution in [0.1, 0.15) is 50.8 Å². The average Bonchev–Trinajstić information content (AvgIpc) is 3.20. The number of benzene rings is 2. The van der Waals surface area contributed by atoms with Crippen molar-refractivity contribution in [2.24, 2.45) is 0 Å². The maximum Gasteiger partial charge on any atom is 0.339 e. The molecule has 0 aromatic heterocycles. The molecule has 5 nitrogen and oxygen atoms in total. The second kappa shape index (κ2) is 7.30. The van der Waals surface area contributed by atoms with E-state index in [-0.39, 0.29) is 24.1 Å². The van der Waals surface area contributed by atoms with Crippen LogP contribution in [0.3, 0.4) is 0 Å². The number of amides is 1. The maximum absolute atomic E-state index is 12.4. The molecule has 2 atom stereocenters. The molecule has 2 aromatic rings. The van der Waals surface area contributed by atoms with Gasteiger partial charge in [-0.05, 0) is 42.2 Å². The van der Waals surface area contributed by atoms with Crippen LogP contribution in [0.15, 0.2) is 48.5 Å². The molecule has 134 valence electrons. The number of nitrogens with one attached hydrogen (secondary N) is 1. The van der Waals surface area contributed by atoms with Gasteiger partial charge in [0.15, 0.2) is 0 Å². The second-order valence-electron chi connectivity index (χ2n) is 6.73. The van der Waals surface area contributed by atoms with Crippen molar-refractivity contribution in [1.82, 2.24) is 5.32 Å². The summed E-state index contributed by atoms with van der Waals surface area (Å²) in [6.45, 7) is 1.28. The predicted octanol–water partition coefficient (Wildman–Crippen LogP) is 3.05. The van der Waals surface area contributed by atoms with Gasteiger partial charge in [0.1, 0.15) is 6.10 Å². The van der Waals surface area contributed by atoms with E-state index in [1.54, 1.807) is 18.2 Å². The molecule has 2 heterocycles. The highest BCUT2D eigenvalue weighted by Crippen LogP contribution is 2.31. The molecule has 0 aliphatic carbocycles. The molecule has 0 spiro atoms. The lowest BCUT2D eigenvalue weighted by Gasteiger charge is -2.25. The zero-order valence-corrected chi connectivity index (χ0v) is 14.4. The van der Waals surface area contributed by atoms with E-state index in [0.717, 1.165) is 30.6 Å². The topological polar surface area (TPSA) is 64.6 Å². The first-order chi connectivity index (χ1) is 12.7. The summed E-state index contributed by atoms with van der Waals surface area (Å²) < 4.78 is 11.1. The minimum atomic E-state index is -0.341. The zero-order chi connectivity index (χ0) is 17.9. The van der Waals surface area contributed by atoms with Crippen LogP contribution < -0.4 is 5.32 Å². The number of carbonyl (C=O) groups excluding carboxylic acids is 2. The monoisotopic (exact) mass is 351 g/mol. The van der Waals surface area contributed by atoms with Gasteiger partial charge in [-0.15, -0.1) is 0 Å². The third kappa shape index (κ3) is 3.48. The Hall–Kier alpha value is -2.66. The molecule has 4 rings (SSSR count). The van der Waals surface area contributed by atoms with Crippen molar-refractivity contribution >= 4 is 11.9 Å². The van der Waals surface area contributed by atoms with Crippen LogP contribution in [0.4, 0.5) is 0 Å². The standard InChI is InChI=1S/C21H21NO4/c23-20(22-13-17-7-4-10-25-17)15-8-9-18-16(11-15)12-19(26-21(18)24)14-5-2-1-3-6-14/h1-3,5-6,8-9,11,17,19H,4,7,10,12-13H2,(H,22,23)/t17-,19+/m0/s1. The summed E-state index contributed by atoms with van der Waals surface area (Å²) in [5, 5.41) is 2.92. The van der Waals surface area contributed by atoms with Crippen LogP contribution in [0.5, 0.6) is 0 Å². The molecule has 2 aromatic carbocycles. The molecule has 0 unspecified atom stereocenters. The van der Waals surface area contributed by atoms with Gasteiger partial charge in [-0.3, -0.25) is 4.79 Å². The minimum Gasteiger partial charge on any atom is -0.454 e. The van der Waals surface area contributed by atoms with Gasteiger partial charge < -0.3 is 14.8 Å². The van der Waals surface area contributed by atoms with Crippen LogP contribution in [0.25, 0.3) is 0 Å². The summed E-state index contributed by atoms with van der Waals surface area (Å²) in [4.78, 5) is 24.7. The van der Waals surface area contributed by atoms with Gasteiger partial charge in [-0.25, -0.2) is 4.79 Å². The van der Waals surface area contributed by atoms with Gasteiger partial charge in [0.25, 0.3) is 5.91 Å². The maximum atomic E-state index is 12.4. The Bertz CT molecular complexity index is 812. The van der Waals surface area contributed by atoms with E-state index in [2.05, 4.69) is 5.32 Å². The highest BCUT2D eigenvalue weighted by molar-refractivity contribution is 5.97. The van der Waals surface area contributed by atoms with E-state index in [4.69, 9.17) is 9.47 Å². The van der Waals surface area contributed by atoms with Crippen LogP contribution >= 0.6 is 0 Å². The third-order valence-corrected chi connectivity index (χ3v) is 4.93. The third-order valence-electron chi connectivity index (χ3n) is 4.93. The number of hydrogen-bond donors (Lipinski definition) is 1. The molecule has 2 aliphatic rings. The number of esters is 1. The van der Waals surface area contributed by atoms with Crippen molar-refractivity contribution in [2.75, 3.05) is 13.2 Å². The summed E-state index contributed by atoms with van der Waals surface area (Å²) in [7, 11) is 0. The van der Waals surface area contributed by atoms with Gasteiger partial charge in [-0.2, -0.15) is 0 Å².